The van der Waals surface area contributed by atoms with Gasteiger partial charge < -0.3 is 39.4 Å². The van der Waals surface area contributed by atoms with E-state index in [2.05, 4.69) is 32.2 Å². The van der Waals surface area contributed by atoms with Crippen LogP contribution in [0.4, 0.5) is 27.4 Å². The second-order valence-corrected chi connectivity index (χ2v) is 10.9. The molecule has 12 nitrogen and oxygen atoms in total. The van der Waals surface area contributed by atoms with Crippen molar-refractivity contribution in [2.75, 3.05) is 76.3 Å². The highest BCUT2D eigenvalue weighted by Gasteiger charge is 2.23. The van der Waals surface area contributed by atoms with Crippen LogP contribution in [-0.2, 0) is 14.3 Å². The maximum atomic E-state index is 15.4. The molecule has 2 aromatic carbocycles. The van der Waals surface area contributed by atoms with Crippen molar-refractivity contribution in [1.82, 2.24) is 19.9 Å². The summed E-state index contributed by atoms with van der Waals surface area (Å²) in [4.78, 5) is 29.1. The number of anilines is 4. The number of methoxy groups -OCH3 is 3. The number of fused-ring (bicyclic) bond motifs is 1. The second kappa shape index (κ2) is 16.0. The number of amides is 1. The van der Waals surface area contributed by atoms with Gasteiger partial charge in [0.05, 0.1) is 37.2 Å². The zero-order valence-electron chi connectivity index (χ0n) is 26.9. The molecule has 0 aliphatic carbocycles. The number of carbonyl (C=O) groups is 1. The topological polar surface area (TPSA) is 123 Å². The van der Waals surface area contributed by atoms with E-state index in [-0.39, 0.29) is 17.6 Å². The number of rotatable bonds is 15. The standard InChI is InChI=1S/C34H40FN7O5/c1-5-33(43)42-12-9-23(10-13-42)39-30-20-26-29(21-31(30)46-4)37-22-38-34(26)40-28-7-6-24(18-27(28)35)47-25-8-11-36-32(19-25)41(14-16-44-2)15-17-45-3/h5-8,11,18-23,39H,1,9-10,12-17H2,2-4H3,(H,37,38,40). The van der Waals surface area contributed by atoms with Gasteiger partial charge in [-0.15, -0.1) is 0 Å². The van der Waals surface area contributed by atoms with Gasteiger partial charge >= 0.3 is 0 Å². The first-order valence-corrected chi connectivity index (χ1v) is 15.4. The maximum absolute atomic E-state index is 15.4. The Labute approximate surface area is 273 Å². The van der Waals surface area contributed by atoms with Crippen molar-refractivity contribution < 1.29 is 28.1 Å². The predicted octanol–water partition coefficient (Wildman–Crippen LogP) is 5.40. The summed E-state index contributed by atoms with van der Waals surface area (Å²) < 4.78 is 37.6. The predicted molar refractivity (Wildman–Crippen MR) is 179 cm³/mol. The van der Waals surface area contributed by atoms with Gasteiger partial charge in [-0.1, -0.05) is 6.58 Å². The molecular weight excluding hydrogens is 605 g/mol. The van der Waals surface area contributed by atoms with Crippen molar-refractivity contribution in [1.29, 1.82) is 0 Å². The highest BCUT2D eigenvalue weighted by molar-refractivity contribution is 5.95. The average Bonchev–Trinajstić information content (AvgIpc) is 3.09. The van der Waals surface area contributed by atoms with Crippen LogP contribution in [0.3, 0.4) is 0 Å². The molecule has 2 aromatic heterocycles. The van der Waals surface area contributed by atoms with Crippen molar-refractivity contribution in [3.05, 3.63) is 73.5 Å². The Bertz CT molecular complexity index is 1670. The summed E-state index contributed by atoms with van der Waals surface area (Å²) in [5.74, 6) is 2.03. The fourth-order valence-electron chi connectivity index (χ4n) is 5.36. The van der Waals surface area contributed by atoms with Gasteiger partial charge in [0.15, 0.2) is 0 Å². The lowest BCUT2D eigenvalue weighted by Crippen LogP contribution is -2.41. The monoisotopic (exact) mass is 645 g/mol. The lowest BCUT2D eigenvalue weighted by atomic mass is 10.0. The Morgan fingerprint density at radius 3 is 2.43 bits per heavy atom. The van der Waals surface area contributed by atoms with Crippen molar-refractivity contribution in [2.24, 2.45) is 0 Å². The first kappa shape index (κ1) is 33.4. The lowest BCUT2D eigenvalue weighted by molar-refractivity contribution is -0.126. The number of carbonyl (C=O) groups excluding carboxylic acids is 1. The molecule has 1 aliphatic heterocycles. The number of likely N-dealkylation sites (tertiary alicyclic amines) is 1. The number of hydrogen-bond donors (Lipinski definition) is 2. The summed E-state index contributed by atoms with van der Waals surface area (Å²) in [5, 5.41) is 7.36. The number of pyridine rings is 1. The fourth-order valence-corrected chi connectivity index (χ4v) is 5.36. The van der Waals surface area contributed by atoms with Crippen LogP contribution in [0.1, 0.15) is 12.8 Å². The minimum absolute atomic E-state index is 0.0586. The van der Waals surface area contributed by atoms with Crippen molar-refractivity contribution in [2.45, 2.75) is 18.9 Å². The highest BCUT2D eigenvalue weighted by Crippen LogP contribution is 2.35. The molecule has 248 valence electrons. The van der Waals surface area contributed by atoms with Crippen LogP contribution < -0.4 is 25.0 Å². The van der Waals surface area contributed by atoms with Gasteiger partial charge in [-0.05, 0) is 43.2 Å². The maximum Gasteiger partial charge on any atom is 0.245 e. The Morgan fingerprint density at radius 1 is 1.00 bits per heavy atom. The van der Waals surface area contributed by atoms with E-state index >= 15 is 4.39 Å². The van der Waals surface area contributed by atoms with E-state index in [0.29, 0.717) is 79.2 Å². The van der Waals surface area contributed by atoms with Crippen LogP contribution in [-0.4, -0.2) is 92.5 Å². The highest BCUT2D eigenvalue weighted by atomic mass is 19.1. The third-order valence-electron chi connectivity index (χ3n) is 7.90. The zero-order valence-corrected chi connectivity index (χ0v) is 26.9. The van der Waals surface area contributed by atoms with E-state index in [4.69, 9.17) is 18.9 Å². The van der Waals surface area contributed by atoms with Gasteiger partial charge in [0.2, 0.25) is 5.91 Å². The molecule has 1 fully saturated rings. The van der Waals surface area contributed by atoms with E-state index in [9.17, 15) is 4.79 Å². The Hall–Kier alpha value is -5.01. The number of aromatic nitrogens is 3. The van der Waals surface area contributed by atoms with E-state index in [1.165, 1.54) is 18.5 Å². The van der Waals surface area contributed by atoms with Gasteiger partial charge in [0.25, 0.3) is 0 Å². The molecule has 47 heavy (non-hydrogen) atoms. The Kier molecular flexibility index (Phi) is 11.4. The van der Waals surface area contributed by atoms with Crippen LogP contribution >= 0.6 is 0 Å². The van der Waals surface area contributed by atoms with Crippen molar-refractivity contribution >= 4 is 39.8 Å². The minimum atomic E-state index is -0.516. The summed E-state index contributed by atoms with van der Waals surface area (Å²) in [6.45, 7) is 7.17. The average molecular weight is 646 g/mol. The summed E-state index contributed by atoms with van der Waals surface area (Å²) in [5.41, 5.74) is 1.62. The largest absolute Gasteiger partial charge is 0.495 e. The molecule has 0 bridgehead atoms. The second-order valence-electron chi connectivity index (χ2n) is 10.9. The molecule has 1 saturated heterocycles. The summed E-state index contributed by atoms with van der Waals surface area (Å²) >= 11 is 0. The summed E-state index contributed by atoms with van der Waals surface area (Å²) in [7, 11) is 4.90. The number of hydrogen-bond acceptors (Lipinski definition) is 11. The number of benzene rings is 2. The molecule has 5 rings (SSSR count). The molecule has 1 amide bonds. The van der Waals surface area contributed by atoms with Gasteiger partial charge in [-0.25, -0.2) is 19.3 Å². The van der Waals surface area contributed by atoms with E-state index < -0.39 is 5.82 Å². The molecule has 2 N–H and O–H groups in total. The van der Waals surface area contributed by atoms with Crippen LogP contribution in [0, 0.1) is 5.82 Å². The summed E-state index contributed by atoms with van der Waals surface area (Å²) in [6.07, 6.45) is 5.96. The number of nitrogens with one attached hydrogen (secondary N) is 2. The minimum Gasteiger partial charge on any atom is -0.495 e. The molecule has 0 atom stereocenters. The van der Waals surface area contributed by atoms with Gasteiger partial charge in [-0.2, -0.15) is 0 Å². The third-order valence-corrected chi connectivity index (χ3v) is 7.90. The van der Waals surface area contributed by atoms with Gasteiger partial charge in [-0.3, -0.25) is 4.79 Å². The normalized spacial score (nSPS) is 13.3. The molecule has 0 radical (unpaired) electrons. The number of ether oxygens (including phenoxy) is 4. The van der Waals surface area contributed by atoms with Crippen molar-refractivity contribution in [3.63, 3.8) is 0 Å². The van der Waals surface area contributed by atoms with Gasteiger partial charge in [0.1, 0.15) is 41.0 Å². The van der Waals surface area contributed by atoms with Crippen LogP contribution in [0.2, 0.25) is 0 Å². The first-order valence-electron chi connectivity index (χ1n) is 15.4. The molecule has 13 heteroatoms. The van der Waals surface area contributed by atoms with Crippen LogP contribution in [0.5, 0.6) is 17.2 Å². The van der Waals surface area contributed by atoms with E-state index in [0.717, 1.165) is 18.5 Å². The SMILES string of the molecule is C=CC(=O)N1CCC(Nc2cc3c(Nc4ccc(Oc5ccnc(N(CCOC)CCOC)c5)cc4F)ncnc3cc2OC)CC1. The van der Waals surface area contributed by atoms with Gasteiger partial charge in [0, 0.05) is 76.2 Å². The van der Waals surface area contributed by atoms with Crippen molar-refractivity contribution in [3.8, 4) is 17.2 Å². The van der Waals surface area contributed by atoms with E-state index in [1.54, 1.807) is 56.7 Å². The molecule has 0 saturated carbocycles. The molecule has 4 aromatic rings. The first-order chi connectivity index (χ1) is 22.9. The molecule has 1 aliphatic rings. The quantitative estimate of drug-likeness (QED) is 0.162. The number of halogens is 1. The third kappa shape index (κ3) is 8.43. The fraction of sp³-hybridized carbons (Fsp3) is 0.353. The Morgan fingerprint density at radius 2 is 1.74 bits per heavy atom. The van der Waals surface area contributed by atoms with Crippen LogP contribution in [0.15, 0.2) is 67.6 Å². The molecular formula is C34H40FN7O5. The molecule has 3 heterocycles. The smallest absolute Gasteiger partial charge is 0.245 e. The lowest BCUT2D eigenvalue weighted by Gasteiger charge is -2.32. The molecule has 0 spiro atoms. The van der Waals surface area contributed by atoms with E-state index in [1.807, 2.05) is 17.0 Å². The Balaban J connectivity index is 1.31. The molecule has 0 unspecified atom stereocenters. The number of piperidine rings is 1. The zero-order chi connectivity index (χ0) is 33.2. The summed E-state index contributed by atoms with van der Waals surface area (Å²) in [6, 6.07) is 12.0. The van der Waals surface area contributed by atoms with Crippen LogP contribution in [0.25, 0.3) is 10.9 Å². The number of nitrogens with zero attached hydrogens (tertiary/aromatic N) is 5.